The van der Waals surface area contributed by atoms with Gasteiger partial charge in [0, 0.05) is 12.1 Å². The Hall–Kier alpha value is -1.37. The van der Waals surface area contributed by atoms with E-state index in [-0.39, 0.29) is 23.7 Å². The molecule has 0 radical (unpaired) electrons. The lowest BCUT2D eigenvalue weighted by molar-refractivity contribution is 0.0503. The molecule has 19 heavy (non-hydrogen) atoms. The molecule has 0 aliphatic carbocycles. The van der Waals surface area contributed by atoms with Gasteiger partial charge < -0.3 is 15.4 Å². The number of halogens is 1. The quantitative estimate of drug-likeness (QED) is 0.438. The molecule has 7 heteroatoms. The Morgan fingerprint density at radius 3 is 3.05 bits per heavy atom. The molecule has 0 spiro atoms. The van der Waals surface area contributed by atoms with E-state index in [9.17, 15) is 9.90 Å². The number of piperidine rings is 1. The van der Waals surface area contributed by atoms with Crippen LogP contribution in [0.4, 0.5) is 5.82 Å². The highest BCUT2D eigenvalue weighted by atomic mass is 35.5. The van der Waals surface area contributed by atoms with E-state index in [1.54, 1.807) is 11.0 Å². The summed E-state index contributed by atoms with van der Waals surface area (Å²) in [5, 5.41) is 9.55. The van der Waals surface area contributed by atoms with E-state index >= 15 is 0 Å². The Morgan fingerprint density at radius 2 is 2.37 bits per heavy atom. The fourth-order valence-electron chi connectivity index (χ4n) is 2.32. The summed E-state index contributed by atoms with van der Waals surface area (Å²) in [5.74, 6) is 5.47. The number of anilines is 1. The summed E-state index contributed by atoms with van der Waals surface area (Å²) in [5.41, 5.74) is 2.80. The fraction of sp³-hybridized carbons (Fsp3) is 0.500. The van der Waals surface area contributed by atoms with Gasteiger partial charge in [0.15, 0.2) is 0 Å². The first-order valence-corrected chi connectivity index (χ1v) is 6.59. The Kier molecular flexibility index (Phi) is 4.57. The Balaban J connectivity index is 2.24. The van der Waals surface area contributed by atoms with Crippen molar-refractivity contribution in [1.29, 1.82) is 0 Å². The number of nitrogens with one attached hydrogen (secondary N) is 1. The number of nitrogen functional groups attached to an aromatic ring is 1. The van der Waals surface area contributed by atoms with Gasteiger partial charge in [0.2, 0.25) is 0 Å². The van der Waals surface area contributed by atoms with Gasteiger partial charge in [-0.25, -0.2) is 10.8 Å². The highest BCUT2D eigenvalue weighted by Gasteiger charge is 2.27. The van der Waals surface area contributed by atoms with Gasteiger partial charge in [-0.15, -0.1) is 0 Å². The molecule has 0 saturated carbocycles. The van der Waals surface area contributed by atoms with Gasteiger partial charge in [0.25, 0.3) is 5.91 Å². The average molecular weight is 285 g/mol. The summed E-state index contributed by atoms with van der Waals surface area (Å²) in [7, 11) is 0. The first-order chi connectivity index (χ1) is 9.15. The maximum atomic E-state index is 12.4. The largest absolute Gasteiger partial charge is 0.394 e. The molecule has 0 aromatic carbocycles. The molecule has 1 atom stereocenters. The summed E-state index contributed by atoms with van der Waals surface area (Å²) >= 11 is 5.86. The number of amides is 1. The van der Waals surface area contributed by atoms with Crippen molar-refractivity contribution < 1.29 is 9.90 Å². The standard InChI is InChI=1S/C12H17ClN4O2/c13-10-5-8(6-11(15-10)16-14)12(19)17-4-2-1-3-9(17)7-18/h5-6,9,18H,1-4,7,14H2,(H,15,16). The minimum Gasteiger partial charge on any atom is -0.394 e. The predicted octanol–water partition coefficient (Wildman–Crippen LogP) is 1.01. The number of pyridine rings is 1. The van der Waals surface area contributed by atoms with Crippen LogP contribution in [0.2, 0.25) is 5.15 Å². The van der Waals surface area contributed by atoms with E-state index in [1.807, 2.05) is 0 Å². The smallest absolute Gasteiger partial charge is 0.254 e. The number of nitrogens with zero attached hydrogens (tertiary/aromatic N) is 2. The summed E-state index contributed by atoms with van der Waals surface area (Å²) in [6, 6.07) is 2.94. The summed E-state index contributed by atoms with van der Waals surface area (Å²) in [6.45, 7) is 0.627. The molecule has 2 rings (SSSR count). The van der Waals surface area contributed by atoms with Crippen molar-refractivity contribution in [2.24, 2.45) is 5.84 Å². The van der Waals surface area contributed by atoms with Crippen LogP contribution in [0, 0.1) is 0 Å². The molecule has 1 unspecified atom stereocenters. The first kappa shape index (κ1) is 14.0. The Bertz CT molecular complexity index is 469. The molecule has 1 fully saturated rings. The highest BCUT2D eigenvalue weighted by molar-refractivity contribution is 6.29. The lowest BCUT2D eigenvalue weighted by Crippen LogP contribution is -2.45. The zero-order chi connectivity index (χ0) is 13.8. The molecule has 0 bridgehead atoms. The molecule has 1 aliphatic rings. The second kappa shape index (κ2) is 6.18. The third kappa shape index (κ3) is 3.15. The van der Waals surface area contributed by atoms with Crippen LogP contribution in [0.1, 0.15) is 29.6 Å². The molecule has 104 valence electrons. The molecule has 1 saturated heterocycles. The monoisotopic (exact) mass is 284 g/mol. The number of likely N-dealkylation sites (tertiary alicyclic amines) is 1. The molecular weight excluding hydrogens is 268 g/mol. The molecule has 1 aliphatic heterocycles. The zero-order valence-electron chi connectivity index (χ0n) is 10.5. The molecule has 1 aromatic heterocycles. The molecular formula is C12H17ClN4O2. The zero-order valence-corrected chi connectivity index (χ0v) is 11.2. The first-order valence-electron chi connectivity index (χ1n) is 6.21. The second-order valence-electron chi connectivity index (χ2n) is 4.54. The van der Waals surface area contributed by atoms with Crippen molar-refractivity contribution in [1.82, 2.24) is 9.88 Å². The van der Waals surface area contributed by atoms with E-state index in [0.29, 0.717) is 17.9 Å². The number of hydrogen-bond acceptors (Lipinski definition) is 5. The van der Waals surface area contributed by atoms with Gasteiger partial charge in [0.1, 0.15) is 11.0 Å². The van der Waals surface area contributed by atoms with Gasteiger partial charge in [-0.2, -0.15) is 0 Å². The number of carbonyl (C=O) groups is 1. The third-order valence-corrected chi connectivity index (χ3v) is 3.48. The predicted molar refractivity (Wildman–Crippen MR) is 72.8 cm³/mol. The van der Waals surface area contributed by atoms with Crippen molar-refractivity contribution in [3.05, 3.63) is 22.8 Å². The van der Waals surface area contributed by atoms with E-state index in [2.05, 4.69) is 10.4 Å². The van der Waals surface area contributed by atoms with E-state index < -0.39 is 0 Å². The van der Waals surface area contributed by atoms with Crippen LogP contribution in [0.3, 0.4) is 0 Å². The van der Waals surface area contributed by atoms with Gasteiger partial charge in [0.05, 0.1) is 12.6 Å². The summed E-state index contributed by atoms with van der Waals surface area (Å²) in [6.07, 6.45) is 2.80. The normalized spacial score (nSPS) is 19.3. The van der Waals surface area contributed by atoms with Crippen LogP contribution in [0.15, 0.2) is 12.1 Å². The maximum Gasteiger partial charge on any atom is 0.254 e. The van der Waals surface area contributed by atoms with Crippen molar-refractivity contribution >= 4 is 23.3 Å². The van der Waals surface area contributed by atoms with Gasteiger partial charge in [-0.05, 0) is 31.4 Å². The van der Waals surface area contributed by atoms with Crippen molar-refractivity contribution in [3.63, 3.8) is 0 Å². The number of aliphatic hydroxyl groups excluding tert-OH is 1. The lowest BCUT2D eigenvalue weighted by Gasteiger charge is -2.34. The molecule has 1 aromatic rings. The number of aromatic nitrogens is 1. The van der Waals surface area contributed by atoms with Crippen molar-refractivity contribution in [2.75, 3.05) is 18.6 Å². The summed E-state index contributed by atoms with van der Waals surface area (Å²) in [4.78, 5) is 18.1. The number of nitrogens with two attached hydrogens (primary N) is 1. The van der Waals surface area contributed by atoms with Crippen LogP contribution >= 0.6 is 11.6 Å². The number of rotatable bonds is 3. The number of hydrazine groups is 1. The topological polar surface area (TPSA) is 91.5 Å². The number of aliphatic hydroxyl groups is 1. The maximum absolute atomic E-state index is 12.4. The van der Waals surface area contributed by atoms with Crippen molar-refractivity contribution in [2.45, 2.75) is 25.3 Å². The summed E-state index contributed by atoms with van der Waals surface area (Å²) < 4.78 is 0. The van der Waals surface area contributed by atoms with Crippen LogP contribution < -0.4 is 11.3 Å². The number of hydrogen-bond donors (Lipinski definition) is 3. The van der Waals surface area contributed by atoms with E-state index in [0.717, 1.165) is 19.3 Å². The Labute approximate surface area is 116 Å². The molecule has 4 N–H and O–H groups in total. The average Bonchev–Trinajstić information content (AvgIpc) is 2.45. The molecule has 6 nitrogen and oxygen atoms in total. The highest BCUT2D eigenvalue weighted by Crippen LogP contribution is 2.21. The van der Waals surface area contributed by atoms with Gasteiger partial charge in [-0.3, -0.25) is 4.79 Å². The minimum absolute atomic E-state index is 0.0213. The van der Waals surface area contributed by atoms with E-state index in [1.165, 1.54) is 6.07 Å². The van der Waals surface area contributed by atoms with Gasteiger partial charge >= 0.3 is 0 Å². The minimum atomic E-state index is -0.153. The molecule has 1 amide bonds. The fourth-order valence-corrected chi connectivity index (χ4v) is 2.53. The van der Waals surface area contributed by atoms with Crippen molar-refractivity contribution in [3.8, 4) is 0 Å². The van der Waals surface area contributed by atoms with Crippen LogP contribution in [0.5, 0.6) is 0 Å². The van der Waals surface area contributed by atoms with Crippen LogP contribution in [-0.2, 0) is 0 Å². The van der Waals surface area contributed by atoms with Gasteiger partial charge in [-0.1, -0.05) is 11.6 Å². The lowest BCUT2D eigenvalue weighted by atomic mass is 10.0. The Morgan fingerprint density at radius 1 is 1.58 bits per heavy atom. The molecule has 2 heterocycles. The van der Waals surface area contributed by atoms with Crippen LogP contribution in [0.25, 0.3) is 0 Å². The second-order valence-corrected chi connectivity index (χ2v) is 4.93. The third-order valence-electron chi connectivity index (χ3n) is 3.29. The van der Waals surface area contributed by atoms with E-state index in [4.69, 9.17) is 17.4 Å². The number of carbonyl (C=O) groups excluding carboxylic acids is 1. The van der Waals surface area contributed by atoms with Crippen LogP contribution in [-0.4, -0.2) is 40.1 Å². The SMILES string of the molecule is NNc1cc(C(=O)N2CCCCC2CO)cc(Cl)n1.